The van der Waals surface area contributed by atoms with Crippen LogP contribution >= 0.6 is 0 Å². The quantitative estimate of drug-likeness (QED) is 0.609. The van der Waals surface area contributed by atoms with Gasteiger partial charge in [0, 0.05) is 6.04 Å². The van der Waals surface area contributed by atoms with Crippen LogP contribution in [0.3, 0.4) is 0 Å². The van der Waals surface area contributed by atoms with Crippen LogP contribution in [0.25, 0.3) is 0 Å². The van der Waals surface area contributed by atoms with Crippen LogP contribution < -0.4 is 5.32 Å². The summed E-state index contributed by atoms with van der Waals surface area (Å²) in [6.45, 7) is 6.82. The summed E-state index contributed by atoms with van der Waals surface area (Å²) in [6.07, 6.45) is -2.70. The Labute approximate surface area is 124 Å². The second kappa shape index (κ2) is 8.58. The van der Waals surface area contributed by atoms with Crippen molar-refractivity contribution in [2.24, 2.45) is 0 Å². The van der Waals surface area contributed by atoms with Crippen LogP contribution in [-0.4, -0.2) is 53.4 Å². The molecule has 21 heavy (non-hydrogen) atoms. The Kier molecular flexibility index (Phi) is 8.25. The number of aliphatic carboxylic acids is 1. The van der Waals surface area contributed by atoms with E-state index in [1.54, 1.807) is 20.8 Å². The van der Waals surface area contributed by atoms with E-state index in [1.165, 1.54) is 4.90 Å². The number of nitrogens with zero attached hydrogens (tertiary/aromatic N) is 1. The van der Waals surface area contributed by atoms with Crippen LogP contribution in [0.1, 0.15) is 47.0 Å². The van der Waals surface area contributed by atoms with Crippen molar-refractivity contribution in [1.29, 1.82) is 0 Å². The van der Waals surface area contributed by atoms with Crippen LogP contribution in [0.5, 0.6) is 0 Å². The minimum atomic E-state index is -4.20. The van der Waals surface area contributed by atoms with E-state index >= 15 is 0 Å². The Balaban J connectivity index is 4.29. The molecule has 7 heteroatoms. The van der Waals surface area contributed by atoms with Crippen molar-refractivity contribution in [2.75, 3.05) is 19.6 Å². The first-order valence-corrected chi connectivity index (χ1v) is 7.31. The van der Waals surface area contributed by atoms with Crippen LogP contribution in [0, 0.1) is 0 Å². The first-order valence-electron chi connectivity index (χ1n) is 7.31. The van der Waals surface area contributed by atoms with Gasteiger partial charge in [-0.25, -0.2) is 0 Å². The molecule has 0 amide bonds. The van der Waals surface area contributed by atoms with Gasteiger partial charge in [0.25, 0.3) is 0 Å². The topological polar surface area (TPSA) is 52.6 Å². The summed E-state index contributed by atoms with van der Waals surface area (Å²) in [5.41, 5.74) is -1.01. The number of carboxylic acid groups (broad SMARTS) is 1. The van der Waals surface area contributed by atoms with Crippen LogP contribution in [0.4, 0.5) is 13.2 Å². The third-order valence-electron chi connectivity index (χ3n) is 3.52. The first-order chi connectivity index (χ1) is 9.52. The first kappa shape index (κ1) is 20.2. The van der Waals surface area contributed by atoms with Crippen molar-refractivity contribution in [2.45, 2.75) is 64.7 Å². The van der Waals surface area contributed by atoms with E-state index in [9.17, 15) is 23.1 Å². The van der Waals surface area contributed by atoms with E-state index in [0.29, 0.717) is 32.4 Å². The minimum absolute atomic E-state index is 0.189. The maximum absolute atomic E-state index is 12.4. The van der Waals surface area contributed by atoms with E-state index in [-0.39, 0.29) is 6.04 Å². The van der Waals surface area contributed by atoms with Crippen LogP contribution in [0.2, 0.25) is 0 Å². The third-order valence-corrected chi connectivity index (χ3v) is 3.52. The molecule has 0 fully saturated rings. The summed E-state index contributed by atoms with van der Waals surface area (Å²) in [7, 11) is 0. The fourth-order valence-corrected chi connectivity index (χ4v) is 2.20. The maximum atomic E-state index is 12.4. The zero-order valence-corrected chi connectivity index (χ0v) is 13.3. The molecule has 0 saturated carbocycles. The molecule has 1 unspecified atom stereocenters. The largest absolute Gasteiger partial charge is 0.480 e. The molecule has 0 heterocycles. The van der Waals surface area contributed by atoms with E-state index in [0.717, 1.165) is 0 Å². The van der Waals surface area contributed by atoms with Gasteiger partial charge in [-0.1, -0.05) is 6.92 Å². The van der Waals surface area contributed by atoms with E-state index in [2.05, 4.69) is 5.32 Å². The molecule has 1 atom stereocenters. The lowest BCUT2D eigenvalue weighted by molar-refractivity contribution is -0.149. The van der Waals surface area contributed by atoms with Gasteiger partial charge in [0.1, 0.15) is 5.54 Å². The van der Waals surface area contributed by atoms with E-state index in [1.807, 2.05) is 6.92 Å². The minimum Gasteiger partial charge on any atom is -0.480 e. The molecule has 2 N–H and O–H groups in total. The Morgan fingerprint density at radius 1 is 1.29 bits per heavy atom. The summed E-state index contributed by atoms with van der Waals surface area (Å²) in [6, 6.07) is -0.189. The lowest BCUT2D eigenvalue weighted by Crippen LogP contribution is -2.49. The number of halogens is 3. The normalized spacial score (nSPS) is 15.5. The van der Waals surface area contributed by atoms with Gasteiger partial charge in [-0.2, -0.15) is 13.2 Å². The molecule has 0 aromatic carbocycles. The molecule has 0 spiro atoms. The van der Waals surface area contributed by atoms with Gasteiger partial charge in [0.2, 0.25) is 0 Å². The van der Waals surface area contributed by atoms with Gasteiger partial charge < -0.3 is 10.4 Å². The second-order valence-electron chi connectivity index (χ2n) is 5.80. The van der Waals surface area contributed by atoms with Gasteiger partial charge in [0.05, 0.1) is 6.54 Å². The Morgan fingerprint density at radius 3 is 2.24 bits per heavy atom. The molecule has 0 aliphatic heterocycles. The smallest absolute Gasteiger partial charge is 0.401 e. The highest BCUT2D eigenvalue weighted by Gasteiger charge is 2.33. The fourth-order valence-electron chi connectivity index (χ4n) is 2.20. The summed E-state index contributed by atoms with van der Waals surface area (Å²) >= 11 is 0. The van der Waals surface area contributed by atoms with Crippen LogP contribution in [0.15, 0.2) is 0 Å². The van der Waals surface area contributed by atoms with Gasteiger partial charge in [-0.3, -0.25) is 9.69 Å². The number of alkyl halides is 3. The summed E-state index contributed by atoms with van der Waals surface area (Å²) in [4.78, 5) is 12.6. The predicted molar refractivity (Wildman–Crippen MR) is 76.3 cm³/mol. The lowest BCUT2D eigenvalue weighted by Gasteiger charge is -2.29. The molecular formula is C14H27F3N2O2. The van der Waals surface area contributed by atoms with Gasteiger partial charge >= 0.3 is 12.1 Å². The highest BCUT2D eigenvalue weighted by Crippen LogP contribution is 2.19. The molecule has 0 aromatic rings. The zero-order chi connectivity index (χ0) is 16.7. The molecule has 0 bridgehead atoms. The Morgan fingerprint density at radius 2 is 1.86 bits per heavy atom. The SMILES string of the molecule is CCNC(C)(CCCCN(CC(F)(F)F)C(C)C)C(=O)O. The molecule has 0 aliphatic carbocycles. The average molecular weight is 312 g/mol. The number of hydrogen-bond acceptors (Lipinski definition) is 3. The monoisotopic (exact) mass is 312 g/mol. The molecule has 4 nitrogen and oxygen atoms in total. The van der Waals surface area contributed by atoms with Crippen molar-refractivity contribution in [3.63, 3.8) is 0 Å². The van der Waals surface area contributed by atoms with Crippen molar-refractivity contribution >= 4 is 5.97 Å². The number of rotatable bonds is 10. The number of unbranched alkanes of at least 4 members (excludes halogenated alkanes) is 1. The zero-order valence-electron chi connectivity index (χ0n) is 13.3. The summed E-state index contributed by atoms with van der Waals surface area (Å²) in [5.74, 6) is -0.930. The Bertz CT molecular complexity index is 322. The fraction of sp³-hybridized carbons (Fsp3) is 0.929. The molecule has 0 aliphatic rings. The highest BCUT2D eigenvalue weighted by atomic mass is 19.4. The second-order valence-corrected chi connectivity index (χ2v) is 5.80. The predicted octanol–water partition coefficient (Wildman–Crippen LogP) is 2.88. The van der Waals surface area contributed by atoms with Crippen molar-refractivity contribution in [3.8, 4) is 0 Å². The number of nitrogens with one attached hydrogen (secondary N) is 1. The van der Waals surface area contributed by atoms with Crippen molar-refractivity contribution in [3.05, 3.63) is 0 Å². The summed E-state index contributed by atoms with van der Waals surface area (Å²) in [5, 5.41) is 12.1. The van der Waals surface area contributed by atoms with Crippen molar-refractivity contribution < 1.29 is 23.1 Å². The maximum Gasteiger partial charge on any atom is 0.401 e. The molecule has 126 valence electrons. The summed E-state index contributed by atoms with van der Waals surface area (Å²) < 4.78 is 37.3. The number of carboxylic acids is 1. The molecule has 0 saturated heterocycles. The number of carbonyl (C=O) groups is 1. The Hall–Kier alpha value is -0.820. The molecule has 0 aromatic heterocycles. The van der Waals surface area contributed by atoms with E-state index < -0.39 is 24.2 Å². The molecule has 0 rings (SSSR count). The standard InChI is InChI=1S/C14H27F3N2O2/c1-5-18-13(4,12(20)21)8-6-7-9-19(11(2)3)10-14(15,16)17/h11,18H,5-10H2,1-4H3,(H,20,21). The van der Waals surface area contributed by atoms with Crippen LogP contribution in [-0.2, 0) is 4.79 Å². The van der Waals surface area contributed by atoms with Gasteiger partial charge in [-0.15, -0.1) is 0 Å². The molecular weight excluding hydrogens is 285 g/mol. The third kappa shape index (κ3) is 8.26. The number of likely N-dealkylation sites (N-methyl/N-ethyl adjacent to an activating group) is 1. The van der Waals surface area contributed by atoms with Gasteiger partial charge in [0.15, 0.2) is 0 Å². The average Bonchev–Trinajstić information content (AvgIpc) is 2.31. The number of hydrogen-bond donors (Lipinski definition) is 2. The van der Waals surface area contributed by atoms with E-state index in [4.69, 9.17) is 0 Å². The highest BCUT2D eigenvalue weighted by molar-refractivity contribution is 5.78. The van der Waals surface area contributed by atoms with Crippen molar-refractivity contribution in [1.82, 2.24) is 10.2 Å². The lowest BCUT2D eigenvalue weighted by atomic mass is 9.94. The van der Waals surface area contributed by atoms with Gasteiger partial charge in [-0.05, 0) is 53.1 Å². The molecule has 0 radical (unpaired) electrons.